The third kappa shape index (κ3) is 7.03. The fraction of sp³-hybridized carbons (Fsp3) is 0.0312. The number of nitrogens with one attached hydrogen (secondary N) is 3. The normalized spacial score (nSPS) is 13.1. The number of amidine groups is 1. The van der Waals surface area contributed by atoms with Crippen molar-refractivity contribution in [3.05, 3.63) is 128 Å². The molecule has 1 aromatic heterocycles. The highest BCUT2D eigenvalue weighted by Gasteiger charge is 2.32. The first kappa shape index (κ1) is 32.3. The number of anilines is 5. The molecule has 0 saturated carbocycles. The van der Waals surface area contributed by atoms with Crippen LogP contribution in [0.1, 0.15) is 11.1 Å². The molecule has 1 aliphatic heterocycles. The fourth-order valence-corrected chi connectivity index (χ4v) is 4.62. The predicted octanol–water partition coefficient (Wildman–Crippen LogP) is 5.25. The monoisotopic (exact) mass is 676 g/mol. The number of methoxy groups -OCH3 is 1. The molecular formula is C32H24N10O8. The number of nitrogens with zero attached hydrogens (tertiary/aromatic N) is 7. The highest BCUT2D eigenvalue weighted by atomic mass is 16.6. The minimum atomic E-state index is -0.677. The second-order valence-electron chi connectivity index (χ2n) is 10.3. The molecular weight excluding hydrogens is 652 g/mol. The lowest BCUT2D eigenvalue weighted by Gasteiger charge is -2.20. The molecule has 5 N–H and O–H groups in total. The van der Waals surface area contributed by atoms with E-state index in [1.165, 1.54) is 12.1 Å². The largest absolute Gasteiger partial charge is 0.506 e. The Morgan fingerprint density at radius 3 is 1.80 bits per heavy atom. The highest BCUT2D eigenvalue weighted by Crippen LogP contribution is 2.33. The fourth-order valence-electron chi connectivity index (χ4n) is 4.62. The van der Waals surface area contributed by atoms with E-state index in [2.05, 4.69) is 36.0 Å². The van der Waals surface area contributed by atoms with Gasteiger partial charge in [-0.05, 0) is 35.9 Å². The summed E-state index contributed by atoms with van der Waals surface area (Å²) in [6.45, 7) is 0. The van der Waals surface area contributed by atoms with E-state index < -0.39 is 27.3 Å². The maximum Gasteiger partial charge on any atom is 0.297 e. The minimum absolute atomic E-state index is 0.00891. The van der Waals surface area contributed by atoms with Crippen molar-refractivity contribution in [3.63, 3.8) is 0 Å². The van der Waals surface area contributed by atoms with Crippen LogP contribution in [-0.4, -0.2) is 58.9 Å². The smallest absolute Gasteiger partial charge is 0.297 e. The van der Waals surface area contributed by atoms with Crippen LogP contribution in [0.4, 0.5) is 40.6 Å². The van der Waals surface area contributed by atoms with Crippen LogP contribution in [0.3, 0.4) is 0 Å². The third-order valence-corrected chi connectivity index (χ3v) is 7.04. The van der Waals surface area contributed by atoms with Gasteiger partial charge in [0.05, 0.1) is 40.5 Å². The Balaban J connectivity index is 1.38. The Kier molecular flexibility index (Phi) is 8.80. The molecule has 0 saturated heterocycles. The third-order valence-electron chi connectivity index (χ3n) is 7.04. The molecule has 0 radical (unpaired) electrons. The number of hydrogen-bond donors (Lipinski definition) is 5. The standard InChI is InChI=1S/C32H24N10O8/c1-50-22-11-7-18(8-12-22)15-25-29(45)40(28(33-25)19-5-3-2-4-6-19)39-32-37-30(34-23-13-9-20(41(46)47)16-26(23)43)36-31(38-32)35-24-14-10-21(42(48)49)17-27(24)44/h2-17,43-44H,1H3,(H3,34,35,36,37,38,39). The summed E-state index contributed by atoms with van der Waals surface area (Å²) in [4.78, 5) is 52.2. The molecule has 1 amide bonds. The van der Waals surface area contributed by atoms with Crippen molar-refractivity contribution in [2.45, 2.75) is 0 Å². The lowest BCUT2D eigenvalue weighted by Crippen LogP contribution is -2.38. The number of amides is 1. The molecule has 2 heterocycles. The molecule has 0 unspecified atom stereocenters. The molecule has 0 bridgehead atoms. The van der Waals surface area contributed by atoms with Crippen LogP contribution in [-0.2, 0) is 4.79 Å². The number of nitro benzene ring substituents is 2. The van der Waals surface area contributed by atoms with Gasteiger partial charge in [-0.1, -0.05) is 42.5 Å². The Hall–Kier alpha value is -7.63. The van der Waals surface area contributed by atoms with Gasteiger partial charge in [-0.15, -0.1) is 0 Å². The van der Waals surface area contributed by atoms with Gasteiger partial charge in [0, 0.05) is 17.7 Å². The number of ether oxygens (including phenoxy) is 1. The second kappa shape index (κ2) is 13.6. The van der Waals surface area contributed by atoms with E-state index in [0.717, 1.165) is 29.3 Å². The number of hydrazine groups is 1. The maximum absolute atomic E-state index is 13.8. The van der Waals surface area contributed by atoms with Crippen LogP contribution in [0.25, 0.3) is 6.08 Å². The molecule has 1 aliphatic rings. The summed E-state index contributed by atoms with van der Waals surface area (Å²) in [5.41, 5.74) is 3.44. The number of phenols is 2. The van der Waals surface area contributed by atoms with Crippen LogP contribution in [0.15, 0.2) is 102 Å². The van der Waals surface area contributed by atoms with Gasteiger partial charge in [-0.25, -0.2) is 4.99 Å². The summed E-state index contributed by atoms with van der Waals surface area (Å²) in [6, 6.07) is 22.5. The number of benzene rings is 4. The van der Waals surface area contributed by atoms with Gasteiger partial charge in [0.25, 0.3) is 17.3 Å². The molecule has 18 nitrogen and oxygen atoms in total. The van der Waals surface area contributed by atoms with Crippen molar-refractivity contribution in [1.82, 2.24) is 20.0 Å². The van der Waals surface area contributed by atoms with Crippen molar-refractivity contribution >= 4 is 58.4 Å². The van der Waals surface area contributed by atoms with Gasteiger partial charge >= 0.3 is 0 Å². The summed E-state index contributed by atoms with van der Waals surface area (Å²) >= 11 is 0. The molecule has 0 atom stereocenters. The molecule has 0 spiro atoms. The van der Waals surface area contributed by atoms with Crippen LogP contribution in [0.2, 0.25) is 0 Å². The molecule has 0 fully saturated rings. The Bertz CT molecular complexity index is 2110. The molecule has 6 rings (SSSR count). The van der Waals surface area contributed by atoms with E-state index in [-0.39, 0.29) is 52.1 Å². The number of non-ortho nitro benzene ring substituents is 2. The molecule has 4 aromatic carbocycles. The summed E-state index contributed by atoms with van der Waals surface area (Å²) in [5, 5.41) is 49.8. The van der Waals surface area contributed by atoms with E-state index in [4.69, 9.17) is 4.74 Å². The molecule has 0 aliphatic carbocycles. The van der Waals surface area contributed by atoms with Crippen molar-refractivity contribution in [2.24, 2.45) is 4.99 Å². The van der Waals surface area contributed by atoms with Crippen molar-refractivity contribution in [1.29, 1.82) is 0 Å². The number of aromatic hydroxyl groups is 2. The van der Waals surface area contributed by atoms with Crippen molar-refractivity contribution in [2.75, 3.05) is 23.2 Å². The predicted molar refractivity (Wildman–Crippen MR) is 180 cm³/mol. The minimum Gasteiger partial charge on any atom is -0.506 e. The average molecular weight is 677 g/mol. The number of aromatic nitrogens is 3. The quantitative estimate of drug-likeness (QED) is 0.0519. The topological polar surface area (TPSA) is 243 Å². The van der Waals surface area contributed by atoms with Gasteiger partial charge in [0.15, 0.2) is 5.84 Å². The first-order valence-corrected chi connectivity index (χ1v) is 14.4. The average Bonchev–Trinajstić information content (AvgIpc) is 3.40. The zero-order valence-corrected chi connectivity index (χ0v) is 25.7. The van der Waals surface area contributed by atoms with Crippen LogP contribution in [0.5, 0.6) is 17.2 Å². The number of aliphatic imine (C=N–C) groups is 1. The Morgan fingerprint density at radius 1 is 0.760 bits per heavy atom. The number of phenolic OH excluding ortho intramolecular Hbond substituents is 2. The zero-order valence-electron chi connectivity index (χ0n) is 25.7. The number of nitro groups is 2. The van der Waals surface area contributed by atoms with E-state index in [0.29, 0.717) is 16.9 Å². The molecule has 250 valence electrons. The molecule has 50 heavy (non-hydrogen) atoms. The first-order valence-electron chi connectivity index (χ1n) is 14.4. The van der Waals surface area contributed by atoms with Gasteiger partial charge in [-0.2, -0.15) is 20.0 Å². The Labute approximate surface area is 281 Å². The van der Waals surface area contributed by atoms with Crippen molar-refractivity contribution < 1.29 is 29.6 Å². The zero-order chi connectivity index (χ0) is 35.4. The Morgan fingerprint density at radius 2 is 1.30 bits per heavy atom. The van der Waals surface area contributed by atoms with Gasteiger partial charge in [-0.3, -0.25) is 30.4 Å². The second-order valence-corrected chi connectivity index (χ2v) is 10.3. The first-order chi connectivity index (χ1) is 24.1. The summed E-state index contributed by atoms with van der Waals surface area (Å²) < 4.78 is 5.21. The van der Waals surface area contributed by atoms with E-state index in [1.54, 1.807) is 67.8 Å². The number of carbonyl (C=O) groups excluding carboxylic acids is 1. The van der Waals surface area contributed by atoms with Crippen LogP contribution >= 0.6 is 0 Å². The van der Waals surface area contributed by atoms with E-state index in [1.807, 2.05) is 0 Å². The summed E-state index contributed by atoms with van der Waals surface area (Å²) in [6.07, 6.45) is 1.59. The number of rotatable bonds is 11. The van der Waals surface area contributed by atoms with E-state index in [9.17, 15) is 35.2 Å². The van der Waals surface area contributed by atoms with E-state index >= 15 is 0 Å². The number of carbonyl (C=O) groups is 1. The van der Waals surface area contributed by atoms with Crippen molar-refractivity contribution in [3.8, 4) is 17.2 Å². The van der Waals surface area contributed by atoms with Gasteiger partial charge in [0.2, 0.25) is 17.8 Å². The summed E-state index contributed by atoms with van der Waals surface area (Å²) in [7, 11) is 1.54. The van der Waals surface area contributed by atoms with Gasteiger partial charge in [0.1, 0.15) is 22.9 Å². The van der Waals surface area contributed by atoms with Crippen LogP contribution in [0, 0.1) is 20.2 Å². The lowest BCUT2D eigenvalue weighted by atomic mass is 10.2. The lowest BCUT2D eigenvalue weighted by molar-refractivity contribution is -0.385. The molecule has 5 aromatic rings. The summed E-state index contributed by atoms with van der Waals surface area (Å²) in [5.74, 6) is -1.35. The SMILES string of the molecule is COc1ccc(C=C2N=C(c3ccccc3)N(Nc3nc(Nc4ccc([N+](=O)[O-])cc4O)nc(Nc4ccc([N+](=O)[O-])cc4O)n3)C2=O)cc1. The number of hydrogen-bond acceptors (Lipinski definition) is 15. The highest BCUT2D eigenvalue weighted by molar-refractivity contribution is 6.20. The molecule has 18 heteroatoms. The maximum atomic E-state index is 13.8. The van der Waals surface area contributed by atoms with Gasteiger partial charge < -0.3 is 25.6 Å². The van der Waals surface area contributed by atoms with Crippen LogP contribution < -0.4 is 20.8 Å².